The summed E-state index contributed by atoms with van der Waals surface area (Å²) in [5.74, 6) is 0.339. The highest BCUT2D eigenvalue weighted by atomic mass is 32.2. The summed E-state index contributed by atoms with van der Waals surface area (Å²) in [5, 5.41) is 2.96. The summed E-state index contributed by atoms with van der Waals surface area (Å²) in [5.41, 5.74) is 3.28. The van der Waals surface area contributed by atoms with Crippen LogP contribution in [0.25, 0.3) is 6.08 Å². The van der Waals surface area contributed by atoms with Crippen LogP contribution in [0.1, 0.15) is 34.3 Å². The number of anilines is 1. The van der Waals surface area contributed by atoms with Crippen molar-refractivity contribution in [1.29, 1.82) is 0 Å². The van der Waals surface area contributed by atoms with Gasteiger partial charge < -0.3 is 5.32 Å². The number of rotatable bonds is 5. The highest BCUT2D eigenvalue weighted by molar-refractivity contribution is 8.27. The van der Waals surface area contributed by atoms with E-state index < -0.39 is 0 Å². The van der Waals surface area contributed by atoms with Crippen LogP contribution >= 0.6 is 24.0 Å². The molecule has 0 unspecified atom stereocenters. The predicted octanol–water partition coefficient (Wildman–Crippen LogP) is 4.54. The van der Waals surface area contributed by atoms with Gasteiger partial charge in [-0.1, -0.05) is 59.9 Å². The van der Waals surface area contributed by atoms with Crippen LogP contribution in [0.4, 0.5) is 5.69 Å². The van der Waals surface area contributed by atoms with Crippen molar-refractivity contribution in [3.05, 3.63) is 70.1 Å². The van der Waals surface area contributed by atoms with E-state index in [1.807, 2.05) is 37.3 Å². The molecule has 1 heterocycles. The third-order valence-corrected chi connectivity index (χ3v) is 6.09. The van der Waals surface area contributed by atoms with Gasteiger partial charge in [0.25, 0.3) is 11.8 Å². The van der Waals surface area contributed by atoms with Crippen LogP contribution in [-0.2, 0) is 4.79 Å². The van der Waals surface area contributed by atoms with Crippen molar-refractivity contribution in [3.63, 3.8) is 0 Å². The number of thiocarbonyl (C=S) groups is 1. The zero-order valence-electron chi connectivity index (χ0n) is 15.5. The number of hydrogen-bond acceptors (Lipinski definition) is 4. The molecule has 1 saturated heterocycles. The van der Waals surface area contributed by atoms with Gasteiger partial charge in [-0.3, -0.25) is 14.5 Å². The predicted molar refractivity (Wildman–Crippen MR) is 118 cm³/mol. The summed E-state index contributed by atoms with van der Waals surface area (Å²) in [6.07, 6.45) is 4.22. The lowest BCUT2D eigenvalue weighted by Gasteiger charge is -2.15. The summed E-state index contributed by atoms with van der Waals surface area (Å²) < 4.78 is 0.471. The molecular formula is C22H20N2O2S2. The molecule has 28 heavy (non-hydrogen) atoms. The standard InChI is InChI=1S/C22H20N2O2S2/c1-14-5-7-15(8-6-14)11-19-21(26)24(22(27)28-19)18-4-2-3-17(12-18)20(25)23-13-16-9-10-16/h2-8,11-12,16H,9-10,13H2,1H3,(H,23,25)/b19-11-. The minimum absolute atomic E-state index is 0.116. The van der Waals surface area contributed by atoms with Crippen molar-refractivity contribution in [2.75, 3.05) is 11.4 Å². The van der Waals surface area contributed by atoms with Crippen LogP contribution in [0.3, 0.4) is 0 Å². The molecule has 0 radical (unpaired) electrons. The van der Waals surface area contributed by atoms with Crippen molar-refractivity contribution in [2.24, 2.45) is 5.92 Å². The number of carbonyl (C=O) groups is 2. The number of carbonyl (C=O) groups excluding carboxylic acids is 2. The molecule has 4 nitrogen and oxygen atoms in total. The average molecular weight is 409 g/mol. The first-order valence-corrected chi connectivity index (χ1v) is 10.5. The highest BCUT2D eigenvalue weighted by Gasteiger charge is 2.33. The lowest BCUT2D eigenvalue weighted by atomic mass is 10.1. The zero-order valence-corrected chi connectivity index (χ0v) is 17.1. The van der Waals surface area contributed by atoms with E-state index in [0.717, 1.165) is 5.56 Å². The summed E-state index contributed by atoms with van der Waals surface area (Å²) in [6, 6.07) is 15.0. The molecule has 0 aromatic heterocycles. The number of nitrogens with zero attached hydrogens (tertiary/aromatic N) is 1. The maximum Gasteiger partial charge on any atom is 0.270 e. The fourth-order valence-corrected chi connectivity index (χ4v) is 4.25. The Morgan fingerprint density at radius 1 is 1.25 bits per heavy atom. The van der Waals surface area contributed by atoms with Gasteiger partial charge in [-0.25, -0.2) is 0 Å². The van der Waals surface area contributed by atoms with E-state index in [1.165, 1.54) is 35.1 Å². The molecule has 2 amide bonds. The van der Waals surface area contributed by atoms with Crippen LogP contribution in [0.15, 0.2) is 53.4 Å². The van der Waals surface area contributed by atoms with Crippen LogP contribution in [0.5, 0.6) is 0 Å². The second kappa shape index (κ2) is 7.89. The van der Waals surface area contributed by atoms with Crippen molar-refractivity contribution < 1.29 is 9.59 Å². The van der Waals surface area contributed by atoms with E-state index >= 15 is 0 Å². The molecule has 0 bridgehead atoms. The molecule has 1 aliphatic heterocycles. The van der Waals surface area contributed by atoms with Crippen molar-refractivity contribution in [1.82, 2.24) is 5.32 Å². The summed E-state index contributed by atoms with van der Waals surface area (Å²) in [7, 11) is 0. The average Bonchev–Trinajstić information content (AvgIpc) is 3.47. The molecule has 2 aromatic carbocycles. The van der Waals surface area contributed by atoms with Gasteiger partial charge >= 0.3 is 0 Å². The molecular weight excluding hydrogens is 388 g/mol. The Hall–Kier alpha value is -2.44. The largest absolute Gasteiger partial charge is 0.352 e. The molecule has 0 spiro atoms. The molecule has 2 fully saturated rings. The zero-order chi connectivity index (χ0) is 19.7. The van der Waals surface area contributed by atoms with Gasteiger partial charge in [0.1, 0.15) is 0 Å². The Balaban J connectivity index is 1.54. The minimum Gasteiger partial charge on any atom is -0.352 e. The summed E-state index contributed by atoms with van der Waals surface area (Å²) >= 11 is 6.72. The van der Waals surface area contributed by atoms with Crippen LogP contribution in [-0.4, -0.2) is 22.7 Å². The van der Waals surface area contributed by atoms with E-state index in [9.17, 15) is 9.59 Å². The van der Waals surface area contributed by atoms with E-state index in [2.05, 4.69) is 5.32 Å². The topological polar surface area (TPSA) is 49.4 Å². The Morgan fingerprint density at radius 3 is 2.71 bits per heavy atom. The van der Waals surface area contributed by atoms with Gasteiger partial charge in [-0.2, -0.15) is 0 Å². The van der Waals surface area contributed by atoms with Gasteiger partial charge in [0.05, 0.1) is 10.6 Å². The number of thioether (sulfide) groups is 1. The van der Waals surface area contributed by atoms with E-state index in [-0.39, 0.29) is 11.8 Å². The summed E-state index contributed by atoms with van der Waals surface area (Å²) in [6.45, 7) is 2.74. The molecule has 4 rings (SSSR count). The number of amides is 2. The second-order valence-corrected chi connectivity index (χ2v) is 8.81. The molecule has 1 N–H and O–H groups in total. The lowest BCUT2D eigenvalue weighted by Crippen LogP contribution is -2.29. The van der Waals surface area contributed by atoms with Gasteiger partial charge in [0.15, 0.2) is 4.32 Å². The Morgan fingerprint density at radius 2 is 2.00 bits per heavy atom. The normalized spacial score (nSPS) is 18.0. The number of hydrogen-bond donors (Lipinski definition) is 1. The van der Waals surface area contributed by atoms with Gasteiger partial charge in [0, 0.05) is 12.1 Å². The molecule has 0 atom stereocenters. The van der Waals surface area contributed by atoms with Crippen LogP contribution in [0.2, 0.25) is 0 Å². The smallest absolute Gasteiger partial charge is 0.270 e. The SMILES string of the molecule is Cc1ccc(/C=C2\SC(=S)N(c3cccc(C(=O)NCC4CC4)c3)C2=O)cc1. The van der Waals surface area contributed by atoms with E-state index in [1.54, 1.807) is 24.3 Å². The lowest BCUT2D eigenvalue weighted by molar-refractivity contribution is -0.113. The molecule has 2 aliphatic rings. The van der Waals surface area contributed by atoms with Gasteiger partial charge in [-0.05, 0) is 55.5 Å². The Bertz CT molecular complexity index is 978. The molecule has 142 valence electrons. The van der Waals surface area contributed by atoms with E-state index in [4.69, 9.17) is 12.2 Å². The Kier molecular flexibility index (Phi) is 5.33. The molecule has 1 aliphatic carbocycles. The third-order valence-electron chi connectivity index (χ3n) is 4.78. The molecule has 2 aromatic rings. The van der Waals surface area contributed by atoms with Crippen LogP contribution < -0.4 is 10.2 Å². The minimum atomic E-state index is -0.161. The quantitative estimate of drug-likeness (QED) is 0.583. The maximum absolute atomic E-state index is 12.9. The number of benzene rings is 2. The van der Waals surface area contributed by atoms with Gasteiger partial charge in [0.2, 0.25) is 0 Å². The van der Waals surface area contributed by atoms with Crippen LogP contribution in [0, 0.1) is 12.8 Å². The monoisotopic (exact) mass is 408 g/mol. The van der Waals surface area contributed by atoms with Crippen molar-refractivity contribution >= 4 is 51.9 Å². The Labute approximate surface area is 174 Å². The fourth-order valence-electron chi connectivity index (χ4n) is 2.95. The molecule has 1 saturated carbocycles. The first-order chi connectivity index (χ1) is 13.5. The number of aryl methyl sites for hydroxylation is 1. The number of nitrogens with one attached hydrogen (secondary N) is 1. The second-order valence-electron chi connectivity index (χ2n) is 7.13. The van der Waals surface area contributed by atoms with Crippen molar-refractivity contribution in [2.45, 2.75) is 19.8 Å². The van der Waals surface area contributed by atoms with Gasteiger partial charge in [-0.15, -0.1) is 0 Å². The summed E-state index contributed by atoms with van der Waals surface area (Å²) in [4.78, 5) is 27.4. The highest BCUT2D eigenvalue weighted by Crippen LogP contribution is 2.36. The van der Waals surface area contributed by atoms with Crippen molar-refractivity contribution in [3.8, 4) is 0 Å². The molecule has 6 heteroatoms. The first kappa shape index (κ1) is 18.9. The van der Waals surface area contributed by atoms with E-state index in [0.29, 0.717) is 32.9 Å². The maximum atomic E-state index is 12.9. The third kappa shape index (κ3) is 4.18. The first-order valence-electron chi connectivity index (χ1n) is 9.24. The fraction of sp³-hybridized carbons (Fsp3) is 0.227.